The molecule has 0 bridgehead atoms. The molecule has 1 unspecified atom stereocenters. The zero-order chi connectivity index (χ0) is 14.5. The van der Waals surface area contributed by atoms with Crippen molar-refractivity contribution in [3.8, 4) is 0 Å². The third kappa shape index (κ3) is 3.12. The molecule has 20 heavy (non-hydrogen) atoms. The predicted molar refractivity (Wildman–Crippen MR) is 69.1 cm³/mol. The summed E-state index contributed by atoms with van der Waals surface area (Å²) in [7, 11) is 1.54. The van der Waals surface area contributed by atoms with E-state index >= 15 is 0 Å². The quantitative estimate of drug-likeness (QED) is 0.579. The topological polar surface area (TPSA) is 77.5 Å². The van der Waals surface area contributed by atoms with Gasteiger partial charge in [0, 0.05) is 19.6 Å². The van der Waals surface area contributed by atoms with Gasteiger partial charge in [0.15, 0.2) is 0 Å². The molecule has 2 heterocycles. The van der Waals surface area contributed by atoms with E-state index in [9.17, 15) is 9.90 Å². The molecule has 0 saturated carbocycles. The minimum absolute atomic E-state index is 0.120. The van der Waals surface area contributed by atoms with Gasteiger partial charge in [-0.05, 0) is 0 Å². The lowest BCUT2D eigenvalue weighted by Crippen LogP contribution is -2.64. The van der Waals surface area contributed by atoms with E-state index in [4.69, 9.17) is 18.9 Å². The fraction of sp³-hybridized carbons (Fsp3) is 0.769. The summed E-state index contributed by atoms with van der Waals surface area (Å²) in [5.41, 5.74) is 0. The lowest BCUT2D eigenvalue weighted by molar-refractivity contribution is -0.222. The van der Waals surface area contributed by atoms with Crippen molar-refractivity contribution < 1.29 is 28.8 Å². The number of likely N-dealkylation sites (tertiary alicyclic amines) is 1. The number of hydrogen-bond acceptors (Lipinski definition) is 6. The summed E-state index contributed by atoms with van der Waals surface area (Å²) in [4.78, 5) is 13.7. The number of amides is 1. The molecule has 2 aliphatic heterocycles. The van der Waals surface area contributed by atoms with Crippen molar-refractivity contribution >= 4 is 6.09 Å². The van der Waals surface area contributed by atoms with Crippen LogP contribution in [0.25, 0.3) is 0 Å². The number of carbonyl (C=O) groups excluding carboxylic acids is 1. The zero-order valence-electron chi connectivity index (χ0n) is 11.6. The number of aliphatic hydroxyl groups is 1. The monoisotopic (exact) mass is 287 g/mol. The Morgan fingerprint density at radius 3 is 3.05 bits per heavy atom. The molecule has 2 fully saturated rings. The van der Waals surface area contributed by atoms with Gasteiger partial charge in [0.05, 0.1) is 25.4 Å². The van der Waals surface area contributed by atoms with Crippen LogP contribution in [0.15, 0.2) is 12.7 Å². The Morgan fingerprint density at radius 1 is 1.55 bits per heavy atom. The summed E-state index contributed by atoms with van der Waals surface area (Å²) < 4.78 is 20.6. The van der Waals surface area contributed by atoms with Gasteiger partial charge >= 0.3 is 6.09 Å². The maximum Gasteiger partial charge on any atom is 0.410 e. The molecule has 2 rings (SSSR count). The van der Waals surface area contributed by atoms with Gasteiger partial charge in [-0.3, -0.25) is 4.90 Å². The second kappa shape index (κ2) is 7.03. The molecule has 2 aliphatic rings. The molecule has 0 aromatic rings. The van der Waals surface area contributed by atoms with Crippen LogP contribution in [0.5, 0.6) is 0 Å². The van der Waals surface area contributed by atoms with Crippen molar-refractivity contribution in [1.82, 2.24) is 4.90 Å². The van der Waals surface area contributed by atoms with Crippen LogP contribution in [0.1, 0.15) is 0 Å². The van der Waals surface area contributed by atoms with E-state index in [1.807, 2.05) is 0 Å². The van der Waals surface area contributed by atoms with Gasteiger partial charge in [-0.15, -0.1) is 6.58 Å². The number of methoxy groups -OCH3 is 1. The fourth-order valence-electron chi connectivity index (χ4n) is 2.53. The minimum atomic E-state index is -0.690. The number of ether oxygens (including phenoxy) is 4. The maximum absolute atomic E-state index is 12.1. The van der Waals surface area contributed by atoms with Gasteiger partial charge in [-0.25, -0.2) is 4.79 Å². The van der Waals surface area contributed by atoms with Gasteiger partial charge in [-0.2, -0.15) is 0 Å². The van der Waals surface area contributed by atoms with Crippen LogP contribution >= 0.6 is 0 Å². The van der Waals surface area contributed by atoms with Crippen LogP contribution in [-0.2, 0) is 18.9 Å². The van der Waals surface area contributed by atoms with E-state index < -0.39 is 18.3 Å². The Balaban J connectivity index is 2.05. The van der Waals surface area contributed by atoms with Crippen molar-refractivity contribution in [2.45, 2.75) is 18.2 Å². The molecule has 0 radical (unpaired) electrons. The Morgan fingerprint density at radius 2 is 2.35 bits per heavy atom. The average molecular weight is 287 g/mol. The highest BCUT2D eigenvalue weighted by molar-refractivity contribution is 5.68. The minimum Gasteiger partial charge on any atom is -0.447 e. The highest BCUT2D eigenvalue weighted by Crippen LogP contribution is 2.29. The van der Waals surface area contributed by atoms with Gasteiger partial charge in [0.25, 0.3) is 0 Å². The molecule has 7 nitrogen and oxygen atoms in total. The molecular weight excluding hydrogens is 266 g/mol. The molecule has 2 saturated heterocycles. The molecule has 0 aromatic heterocycles. The number of aliphatic hydroxyl groups excluding tert-OH is 1. The van der Waals surface area contributed by atoms with E-state index in [1.165, 1.54) is 7.11 Å². The van der Waals surface area contributed by atoms with Crippen LogP contribution in [0.3, 0.4) is 0 Å². The van der Waals surface area contributed by atoms with Crippen LogP contribution < -0.4 is 0 Å². The Kier molecular flexibility index (Phi) is 5.36. The molecule has 7 heteroatoms. The molecular formula is C13H21NO6. The summed E-state index contributed by atoms with van der Waals surface area (Å²) in [5.74, 6) is -0.246. The average Bonchev–Trinajstić information content (AvgIpc) is 2.48. The standard InChI is InChI=1S/C13H21NO6/c1-3-9-6-14(13(16)19-5-4-17-2)10-7-18-8-20-12(10)11(9)15/h3,9-12,15H,1,4-8H2,2H3/t9-,10?,11+,12+/m0/s1. The third-order valence-electron chi connectivity index (χ3n) is 3.65. The van der Waals surface area contributed by atoms with Crippen LogP contribution in [0.4, 0.5) is 4.79 Å². The first kappa shape index (κ1) is 15.2. The second-order valence-electron chi connectivity index (χ2n) is 4.84. The summed E-state index contributed by atoms with van der Waals surface area (Å²) >= 11 is 0. The molecule has 0 aliphatic carbocycles. The number of carbonyl (C=O) groups is 1. The molecule has 4 atom stereocenters. The first-order valence-electron chi connectivity index (χ1n) is 6.61. The normalized spacial score (nSPS) is 33.4. The van der Waals surface area contributed by atoms with Gasteiger partial charge in [0.2, 0.25) is 0 Å². The van der Waals surface area contributed by atoms with Crippen molar-refractivity contribution in [2.24, 2.45) is 5.92 Å². The molecule has 0 spiro atoms. The SMILES string of the molecule is C=C[C@H]1CN(C(=O)OCCOC)C2COCO[C@H]2[C@@H]1O. The first-order chi connectivity index (χ1) is 9.69. The number of rotatable bonds is 4. The second-order valence-corrected chi connectivity index (χ2v) is 4.84. The smallest absolute Gasteiger partial charge is 0.410 e. The highest BCUT2D eigenvalue weighted by Gasteiger charge is 2.46. The van der Waals surface area contributed by atoms with Crippen LogP contribution in [0.2, 0.25) is 0 Å². The van der Waals surface area contributed by atoms with Gasteiger partial charge < -0.3 is 24.1 Å². The Hall–Kier alpha value is -1.15. The summed E-state index contributed by atoms with van der Waals surface area (Å²) in [6, 6.07) is -0.343. The predicted octanol–water partition coefficient (Wildman–Crippen LogP) is -0.0104. The molecule has 114 valence electrons. The van der Waals surface area contributed by atoms with Crippen LogP contribution in [0, 0.1) is 5.92 Å². The molecule has 1 amide bonds. The van der Waals surface area contributed by atoms with E-state index in [0.717, 1.165) is 0 Å². The summed E-state index contributed by atoms with van der Waals surface area (Å²) in [6.07, 6.45) is 0.0135. The number of nitrogens with zero attached hydrogens (tertiary/aromatic N) is 1. The largest absolute Gasteiger partial charge is 0.447 e. The van der Waals surface area contributed by atoms with E-state index in [0.29, 0.717) is 19.8 Å². The van der Waals surface area contributed by atoms with Crippen LogP contribution in [-0.4, -0.2) is 74.6 Å². The lowest BCUT2D eigenvalue weighted by Gasteiger charge is -2.47. The Bertz CT molecular complexity index is 350. The number of hydrogen-bond donors (Lipinski definition) is 1. The summed E-state index contributed by atoms with van der Waals surface area (Å²) in [5, 5.41) is 10.2. The zero-order valence-corrected chi connectivity index (χ0v) is 11.6. The van der Waals surface area contributed by atoms with Crippen molar-refractivity contribution in [2.75, 3.05) is 40.3 Å². The molecule has 0 aromatic carbocycles. The number of fused-ring (bicyclic) bond motifs is 1. The fourth-order valence-corrected chi connectivity index (χ4v) is 2.53. The maximum atomic E-state index is 12.1. The van der Waals surface area contributed by atoms with Gasteiger partial charge in [-0.1, -0.05) is 6.08 Å². The van der Waals surface area contributed by atoms with Crippen molar-refractivity contribution in [3.63, 3.8) is 0 Å². The van der Waals surface area contributed by atoms with Gasteiger partial charge in [0.1, 0.15) is 19.5 Å². The highest BCUT2D eigenvalue weighted by atomic mass is 16.7. The van der Waals surface area contributed by atoms with Crippen molar-refractivity contribution in [3.05, 3.63) is 12.7 Å². The lowest BCUT2D eigenvalue weighted by atomic mass is 9.87. The first-order valence-corrected chi connectivity index (χ1v) is 6.61. The van der Waals surface area contributed by atoms with Crippen molar-refractivity contribution in [1.29, 1.82) is 0 Å². The summed E-state index contributed by atoms with van der Waals surface area (Å²) in [6.45, 7) is 5.01. The molecule has 1 N–H and O–H groups in total. The van der Waals surface area contributed by atoms with E-state index in [2.05, 4.69) is 6.58 Å². The Labute approximate surface area is 118 Å². The third-order valence-corrected chi connectivity index (χ3v) is 3.65. The van der Waals surface area contributed by atoms with E-state index in [-0.39, 0.29) is 25.4 Å². The number of piperidine rings is 1. The van der Waals surface area contributed by atoms with E-state index in [1.54, 1.807) is 11.0 Å².